The molecule has 1 N–H and O–H groups in total. The lowest BCUT2D eigenvalue weighted by Gasteiger charge is -2.32. The van der Waals surface area contributed by atoms with Gasteiger partial charge in [-0.3, -0.25) is 0 Å². The molecule has 1 fully saturated rings. The SMILES string of the molecule is CNC1CCc2cc(F)c(B3OC(C)(C)C(C)(C)O3)cc21. The Bertz CT molecular complexity index is 558. The maximum absolute atomic E-state index is 14.5. The predicted molar refractivity (Wildman–Crippen MR) is 82.2 cm³/mol. The average Bonchev–Trinajstić information content (AvgIpc) is 2.86. The first-order valence-corrected chi connectivity index (χ1v) is 7.60. The molecule has 0 saturated carbocycles. The maximum Gasteiger partial charge on any atom is 0.497 e. The van der Waals surface area contributed by atoms with E-state index in [1.807, 2.05) is 40.8 Å². The summed E-state index contributed by atoms with van der Waals surface area (Å²) in [6.07, 6.45) is 1.93. The molecular weight excluding hydrogens is 268 g/mol. The molecule has 1 aliphatic carbocycles. The van der Waals surface area contributed by atoms with Gasteiger partial charge in [0.1, 0.15) is 5.82 Å². The van der Waals surface area contributed by atoms with Crippen molar-refractivity contribution < 1.29 is 13.7 Å². The Kier molecular flexibility index (Phi) is 3.43. The molecule has 5 heteroatoms. The van der Waals surface area contributed by atoms with Gasteiger partial charge in [-0.05, 0) is 64.8 Å². The Morgan fingerprint density at radius 3 is 2.38 bits per heavy atom. The summed E-state index contributed by atoms with van der Waals surface area (Å²) >= 11 is 0. The Morgan fingerprint density at radius 2 is 1.81 bits per heavy atom. The van der Waals surface area contributed by atoms with Crippen molar-refractivity contribution >= 4 is 12.6 Å². The van der Waals surface area contributed by atoms with E-state index >= 15 is 0 Å². The zero-order chi connectivity index (χ0) is 15.4. The minimum Gasteiger partial charge on any atom is -0.399 e. The summed E-state index contributed by atoms with van der Waals surface area (Å²) in [7, 11) is 1.30. The third-order valence-electron chi connectivity index (χ3n) is 5.19. The second-order valence-corrected chi connectivity index (χ2v) is 7.04. The van der Waals surface area contributed by atoms with Gasteiger partial charge in [0.2, 0.25) is 0 Å². The van der Waals surface area contributed by atoms with Gasteiger partial charge >= 0.3 is 7.12 Å². The molecule has 2 aliphatic rings. The quantitative estimate of drug-likeness (QED) is 0.848. The van der Waals surface area contributed by atoms with Gasteiger partial charge in [0, 0.05) is 11.5 Å². The van der Waals surface area contributed by atoms with Gasteiger partial charge in [-0.1, -0.05) is 6.07 Å². The van der Waals surface area contributed by atoms with Crippen LogP contribution in [0.15, 0.2) is 12.1 Å². The van der Waals surface area contributed by atoms with E-state index in [1.165, 1.54) is 5.56 Å². The summed E-state index contributed by atoms with van der Waals surface area (Å²) in [6, 6.07) is 3.86. The highest BCUT2D eigenvalue weighted by atomic mass is 19.1. The van der Waals surface area contributed by atoms with Crippen molar-refractivity contribution in [3.8, 4) is 0 Å². The van der Waals surface area contributed by atoms with Gasteiger partial charge in [0.05, 0.1) is 11.2 Å². The highest BCUT2D eigenvalue weighted by Crippen LogP contribution is 2.37. The fourth-order valence-corrected chi connectivity index (χ4v) is 3.10. The molecule has 1 aliphatic heterocycles. The molecule has 1 aromatic carbocycles. The van der Waals surface area contributed by atoms with Crippen molar-refractivity contribution in [2.75, 3.05) is 7.05 Å². The molecule has 0 aromatic heterocycles. The number of nitrogens with one attached hydrogen (secondary N) is 1. The minimum absolute atomic E-state index is 0.232. The van der Waals surface area contributed by atoms with Crippen LogP contribution in [0, 0.1) is 5.82 Å². The molecule has 0 amide bonds. The van der Waals surface area contributed by atoms with E-state index in [-0.39, 0.29) is 5.82 Å². The molecule has 21 heavy (non-hydrogen) atoms. The number of halogens is 1. The van der Waals surface area contributed by atoms with Crippen LogP contribution in [0.3, 0.4) is 0 Å². The maximum atomic E-state index is 14.5. The molecular formula is C16H23BFNO2. The van der Waals surface area contributed by atoms with Crippen molar-refractivity contribution in [1.82, 2.24) is 5.32 Å². The zero-order valence-electron chi connectivity index (χ0n) is 13.4. The predicted octanol–water partition coefficient (Wildman–Crippen LogP) is 2.33. The van der Waals surface area contributed by atoms with Crippen LogP contribution in [0.1, 0.15) is 51.3 Å². The van der Waals surface area contributed by atoms with Crippen LogP contribution in [0.4, 0.5) is 4.39 Å². The van der Waals surface area contributed by atoms with Gasteiger partial charge in [-0.25, -0.2) is 4.39 Å². The molecule has 3 rings (SSSR count). The Morgan fingerprint density at radius 1 is 1.19 bits per heavy atom. The summed E-state index contributed by atoms with van der Waals surface area (Å²) in [6.45, 7) is 7.92. The minimum atomic E-state index is -0.640. The zero-order valence-corrected chi connectivity index (χ0v) is 13.4. The van der Waals surface area contributed by atoms with Gasteiger partial charge in [0.15, 0.2) is 0 Å². The second kappa shape index (κ2) is 4.80. The molecule has 1 atom stereocenters. The number of aryl methyl sites for hydroxylation is 1. The first-order chi connectivity index (χ1) is 9.75. The summed E-state index contributed by atoms with van der Waals surface area (Å²) in [4.78, 5) is 0. The number of hydrogen-bond donors (Lipinski definition) is 1. The lowest BCUT2D eigenvalue weighted by atomic mass is 9.77. The van der Waals surface area contributed by atoms with E-state index in [1.54, 1.807) is 6.07 Å². The third kappa shape index (κ3) is 2.32. The van der Waals surface area contributed by atoms with Crippen molar-refractivity contribution in [2.24, 2.45) is 0 Å². The lowest BCUT2D eigenvalue weighted by molar-refractivity contribution is 0.00578. The highest BCUT2D eigenvalue weighted by Gasteiger charge is 2.52. The van der Waals surface area contributed by atoms with E-state index in [9.17, 15) is 4.39 Å². The molecule has 114 valence electrons. The summed E-state index contributed by atoms with van der Waals surface area (Å²) < 4.78 is 26.4. The van der Waals surface area contributed by atoms with Gasteiger partial charge < -0.3 is 14.6 Å². The van der Waals surface area contributed by atoms with E-state index < -0.39 is 18.3 Å². The van der Waals surface area contributed by atoms with Crippen LogP contribution in [-0.4, -0.2) is 25.4 Å². The highest BCUT2D eigenvalue weighted by molar-refractivity contribution is 6.62. The Balaban J connectivity index is 1.98. The topological polar surface area (TPSA) is 30.5 Å². The third-order valence-corrected chi connectivity index (χ3v) is 5.19. The Labute approximate surface area is 126 Å². The fraction of sp³-hybridized carbons (Fsp3) is 0.625. The molecule has 0 spiro atoms. The fourth-order valence-electron chi connectivity index (χ4n) is 3.10. The molecule has 3 nitrogen and oxygen atoms in total. The number of hydrogen-bond acceptors (Lipinski definition) is 3. The van der Waals surface area contributed by atoms with Gasteiger partial charge in [-0.2, -0.15) is 0 Å². The standard InChI is InChI=1S/C16H23BFNO2/c1-15(2)16(3,4)21-17(20-15)12-9-11-10(8-13(12)18)6-7-14(11)19-5/h8-9,14,19H,6-7H2,1-5H3. The normalized spacial score (nSPS) is 26.2. The summed E-state index contributed by atoms with van der Waals surface area (Å²) in [5.74, 6) is -0.232. The van der Waals surface area contributed by atoms with E-state index in [0.717, 1.165) is 18.4 Å². The van der Waals surface area contributed by atoms with Crippen LogP contribution in [0.25, 0.3) is 0 Å². The molecule has 1 aromatic rings. The van der Waals surface area contributed by atoms with Crippen LogP contribution in [0.2, 0.25) is 0 Å². The van der Waals surface area contributed by atoms with Crippen molar-refractivity contribution in [2.45, 2.75) is 57.8 Å². The van der Waals surface area contributed by atoms with Crippen molar-refractivity contribution in [3.05, 3.63) is 29.1 Å². The molecule has 0 bridgehead atoms. The average molecular weight is 291 g/mol. The van der Waals surface area contributed by atoms with Crippen molar-refractivity contribution in [1.29, 1.82) is 0 Å². The lowest BCUT2D eigenvalue weighted by Crippen LogP contribution is -2.41. The van der Waals surface area contributed by atoms with Crippen molar-refractivity contribution in [3.63, 3.8) is 0 Å². The monoisotopic (exact) mass is 291 g/mol. The van der Waals surface area contributed by atoms with E-state index in [2.05, 4.69) is 5.32 Å². The van der Waals surface area contributed by atoms with Crippen LogP contribution in [-0.2, 0) is 15.7 Å². The first-order valence-electron chi connectivity index (χ1n) is 7.60. The number of benzene rings is 1. The summed E-state index contributed by atoms with van der Waals surface area (Å²) in [5.41, 5.74) is 1.86. The smallest absolute Gasteiger partial charge is 0.399 e. The van der Waals surface area contributed by atoms with Crippen LogP contribution in [0.5, 0.6) is 0 Å². The number of fused-ring (bicyclic) bond motifs is 1. The Hall–Kier alpha value is -0.905. The molecule has 1 heterocycles. The van der Waals surface area contributed by atoms with Gasteiger partial charge in [-0.15, -0.1) is 0 Å². The van der Waals surface area contributed by atoms with Gasteiger partial charge in [0.25, 0.3) is 0 Å². The van der Waals surface area contributed by atoms with E-state index in [4.69, 9.17) is 9.31 Å². The molecule has 1 unspecified atom stereocenters. The summed E-state index contributed by atoms with van der Waals surface area (Å²) in [5, 5.41) is 3.29. The van der Waals surface area contributed by atoms with E-state index in [0.29, 0.717) is 11.5 Å². The molecule has 1 saturated heterocycles. The first kappa shape index (κ1) is 15.0. The van der Waals surface area contributed by atoms with Crippen LogP contribution < -0.4 is 10.8 Å². The van der Waals surface area contributed by atoms with Crippen LogP contribution >= 0.6 is 0 Å². The largest absolute Gasteiger partial charge is 0.497 e. The second-order valence-electron chi connectivity index (χ2n) is 7.04. The number of rotatable bonds is 2. The molecule has 0 radical (unpaired) electrons.